The van der Waals surface area contributed by atoms with Gasteiger partial charge in [-0.15, -0.1) is 0 Å². The van der Waals surface area contributed by atoms with E-state index in [1.54, 1.807) is 24.0 Å². The zero-order chi connectivity index (χ0) is 24.9. The number of fused-ring (bicyclic) bond motifs is 2. The molecule has 5 rings (SSSR count). The van der Waals surface area contributed by atoms with E-state index in [0.717, 1.165) is 33.2 Å². The lowest BCUT2D eigenvalue weighted by molar-refractivity contribution is -0.143. The number of rotatable bonds is 10. The highest BCUT2D eigenvalue weighted by Crippen LogP contribution is 2.33. The van der Waals surface area contributed by atoms with E-state index in [2.05, 4.69) is 10.1 Å². The van der Waals surface area contributed by atoms with E-state index >= 15 is 0 Å². The first-order valence-electron chi connectivity index (χ1n) is 11.6. The fourth-order valence-corrected chi connectivity index (χ4v) is 4.11. The van der Waals surface area contributed by atoms with E-state index in [9.17, 15) is 4.79 Å². The number of methoxy groups -OCH3 is 1. The molecule has 0 radical (unpaired) electrons. The highest BCUT2D eigenvalue weighted by molar-refractivity contribution is 5.96. The summed E-state index contributed by atoms with van der Waals surface area (Å²) in [5.41, 5.74) is 10.7. The van der Waals surface area contributed by atoms with E-state index in [4.69, 9.17) is 24.4 Å². The van der Waals surface area contributed by atoms with Crippen LogP contribution >= 0.6 is 0 Å². The Balaban J connectivity index is 1.38. The Hall–Kier alpha value is -4.37. The molecular weight excluding hydrogens is 460 g/mol. The molecule has 0 saturated carbocycles. The molecule has 2 aromatic carbocycles. The van der Waals surface area contributed by atoms with Crippen molar-refractivity contribution in [1.29, 1.82) is 0 Å². The van der Waals surface area contributed by atoms with Crippen LogP contribution in [0.15, 0.2) is 71.6 Å². The van der Waals surface area contributed by atoms with E-state index in [1.807, 2.05) is 48.5 Å². The molecule has 184 valence electrons. The van der Waals surface area contributed by atoms with Gasteiger partial charge in [0.25, 0.3) is 0 Å². The number of nitrogen functional groups attached to an aromatic ring is 1. The highest BCUT2D eigenvalue weighted by Gasteiger charge is 2.16. The number of nitrogens with two attached hydrogens (primary N) is 1. The van der Waals surface area contributed by atoms with Gasteiger partial charge in [-0.25, -0.2) is 9.50 Å². The van der Waals surface area contributed by atoms with Crippen molar-refractivity contribution in [2.45, 2.75) is 19.4 Å². The van der Waals surface area contributed by atoms with Gasteiger partial charge in [-0.1, -0.05) is 18.2 Å². The predicted molar refractivity (Wildman–Crippen MR) is 135 cm³/mol. The van der Waals surface area contributed by atoms with E-state index in [0.29, 0.717) is 43.5 Å². The van der Waals surface area contributed by atoms with Crippen LogP contribution in [0.25, 0.3) is 27.7 Å². The van der Waals surface area contributed by atoms with Gasteiger partial charge in [0.05, 0.1) is 24.8 Å². The summed E-state index contributed by atoms with van der Waals surface area (Å²) >= 11 is 0. The molecule has 9 nitrogen and oxygen atoms in total. The van der Waals surface area contributed by atoms with Crippen molar-refractivity contribution < 1.29 is 23.4 Å². The van der Waals surface area contributed by atoms with Crippen molar-refractivity contribution in [3.63, 3.8) is 0 Å². The quantitative estimate of drug-likeness (QED) is 0.228. The minimum absolute atomic E-state index is 0.129. The fraction of sp³-hybridized carbons (Fsp3) is 0.222. The Morgan fingerprint density at radius 3 is 2.89 bits per heavy atom. The third kappa shape index (κ3) is 4.87. The minimum Gasteiger partial charge on any atom is -0.489 e. The average molecular weight is 487 g/mol. The third-order valence-corrected chi connectivity index (χ3v) is 5.80. The number of esters is 1. The Morgan fingerprint density at radius 2 is 2.00 bits per heavy atom. The first-order chi connectivity index (χ1) is 17.6. The SMILES string of the molecule is COCCCOC(=O)Cc1ccccc1OCc1cc(-c2ncnn3c(N)ccc23)c2occc2c1. The third-order valence-electron chi connectivity index (χ3n) is 5.80. The number of carbonyl (C=O) groups excluding carboxylic acids is 1. The second-order valence-corrected chi connectivity index (χ2v) is 8.29. The van der Waals surface area contributed by atoms with Gasteiger partial charge in [0.1, 0.15) is 35.8 Å². The molecule has 0 atom stereocenters. The van der Waals surface area contributed by atoms with Crippen LogP contribution in [-0.2, 0) is 27.3 Å². The zero-order valence-electron chi connectivity index (χ0n) is 19.8. The normalized spacial score (nSPS) is 11.2. The van der Waals surface area contributed by atoms with Crippen LogP contribution < -0.4 is 10.5 Å². The second kappa shape index (κ2) is 10.5. The van der Waals surface area contributed by atoms with Crippen molar-refractivity contribution in [2.24, 2.45) is 0 Å². The predicted octanol–water partition coefficient (Wildman–Crippen LogP) is 4.43. The summed E-state index contributed by atoms with van der Waals surface area (Å²) in [5, 5.41) is 5.16. The lowest BCUT2D eigenvalue weighted by atomic mass is 10.0. The number of hydrogen-bond donors (Lipinski definition) is 1. The van der Waals surface area contributed by atoms with Gasteiger partial charge in [0.15, 0.2) is 0 Å². The van der Waals surface area contributed by atoms with Crippen LogP contribution in [0.2, 0.25) is 0 Å². The van der Waals surface area contributed by atoms with Gasteiger partial charge >= 0.3 is 5.97 Å². The number of furan rings is 1. The van der Waals surface area contributed by atoms with Crippen LogP contribution in [0, 0.1) is 0 Å². The number of carbonyl (C=O) groups is 1. The second-order valence-electron chi connectivity index (χ2n) is 8.29. The topological polar surface area (TPSA) is 114 Å². The van der Waals surface area contributed by atoms with Gasteiger partial charge in [-0.2, -0.15) is 5.10 Å². The summed E-state index contributed by atoms with van der Waals surface area (Å²) in [6, 6.07) is 17.0. The fourth-order valence-electron chi connectivity index (χ4n) is 4.11. The van der Waals surface area contributed by atoms with Gasteiger partial charge in [-0.05, 0) is 42.0 Å². The maximum Gasteiger partial charge on any atom is 0.310 e. The lowest BCUT2D eigenvalue weighted by Gasteiger charge is -2.13. The first kappa shape index (κ1) is 23.4. The number of hydrogen-bond acceptors (Lipinski definition) is 8. The maximum atomic E-state index is 12.3. The van der Waals surface area contributed by atoms with Gasteiger partial charge in [0, 0.05) is 36.7 Å². The molecule has 0 saturated heterocycles. The van der Waals surface area contributed by atoms with E-state index in [-0.39, 0.29) is 12.4 Å². The summed E-state index contributed by atoms with van der Waals surface area (Å²) in [6.45, 7) is 1.17. The number of para-hydroxylation sites is 1. The Morgan fingerprint density at radius 1 is 1.11 bits per heavy atom. The molecule has 0 fully saturated rings. The standard InChI is InChI=1S/C27H26N4O5/c1-33-10-4-11-34-25(32)15-19-5-2-3-6-23(19)36-16-18-13-20-9-12-35-27(20)21(14-18)26-22-7-8-24(28)31(22)30-17-29-26/h2-3,5-9,12-14,17H,4,10-11,15-16,28H2,1H3. The molecule has 0 amide bonds. The molecular formula is C27H26N4O5. The van der Waals surface area contributed by atoms with Gasteiger partial charge in [-0.3, -0.25) is 4.79 Å². The highest BCUT2D eigenvalue weighted by atomic mass is 16.5. The summed E-state index contributed by atoms with van der Waals surface area (Å²) < 4.78 is 23.9. The van der Waals surface area contributed by atoms with E-state index in [1.165, 1.54) is 6.33 Å². The molecule has 0 bridgehead atoms. The Labute approximate surface area is 207 Å². The molecule has 9 heteroatoms. The number of ether oxygens (including phenoxy) is 3. The molecule has 0 spiro atoms. The van der Waals surface area contributed by atoms with Crippen LogP contribution in [0.5, 0.6) is 5.75 Å². The van der Waals surface area contributed by atoms with Crippen LogP contribution in [0.4, 0.5) is 5.82 Å². The lowest BCUT2D eigenvalue weighted by Crippen LogP contribution is -2.11. The summed E-state index contributed by atoms with van der Waals surface area (Å²) in [4.78, 5) is 16.8. The van der Waals surface area contributed by atoms with Crippen molar-refractivity contribution in [1.82, 2.24) is 14.6 Å². The van der Waals surface area contributed by atoms with Gasteiger partial charge < -0.3 is 24.4 Å². The number of benzene rings is 2. The summed E-state index contributed by atoms with van der Waals surface area (Å²) in [6.07, 6.45) is 3.91. The van der Waals surface area contributed by atoms with Crippen molar-refractivity contribution in [3.8, 4) is 17.0 Å². The Bertz CT molecular complexity index is 1510. The molecule has 36 heavy (non-hydrogen) atoms. The number of nitrogens with zero attached hydrogens (tertiary/aromatic N) is 3. The van der Waals surface area contributed by atoms with Crippen molar-refractivity contribution in [2.75, 3.05) is 26.1 Å². The minimum atomic E-state index is -0.302. The smallest absolute Gasteiger partial charge is 0.310 e. The molecule has 0 aliphatic rings. The molecule has 3 aromatic heterocycles. The molecule has 0 aliphatic carbocycles. The van der Waals surface area contributed by atoms with Crippen molar-refractivity contribution >= 4 is 28.3 Å². The molecule has 5 aromatic rings. The molecule has 2 N–H and O–H groups in total. The largest absolute Gasteiger partial charge is 0.489 e. The Kier molecular flexibility index (Phi) is 6.81. The average Bonchev–Trinajstić information content (AvgIpc) is 3.52. The first-order valence-corrected chi connectivity index (χ1v) is 11.6. The van der Waals surface area contributed by atoms with Crippen LogP contribution in [0.1, 0.15) is 17.5 Å². The van der Waals surface area contributed by atoms with Crippen LogP contribution in [-0.4, -0.2) is 40.9 Å². The summed E-state index contributed by atoms with van der Waals surface area (Å²) in [7, 11) is 1.62. The monoisotopic (exact) mass is 486 g/mol. The number of anilines is 1. The maximum absolute atomic E-state index is 12.3. The van der Waals surface area contributed by atoms with Gasteiger partial charge in [0.2, 0.25) is 0 Å². The zero-order valence-corrected chi connectivity index (χ0v) is 19.8. The molecule has 0 aliphatic heterocycles. The van der Waals surface area contributed by atoms with E-state index < -0.39 is 0 Å². The number of aromatic nitrogens is 3. The summed E-state index contributed by atoms with van der Waals surface area (Å²) in [5.74, 6) is 0.852. The van der Waals surface area contributed by atoms with Crippen molar-refractivity contribution in [3.05, 3.63) is 78.3 Å². The molecule has 3 heterocycles. The molecule has 0 unspecified atom stereocenters. The van der Waals surface area contributed by atoms with Crippen LogP contribution in [0.3, 0.4) is 0 Å².